The highest BCUT2D eigenvalue weighted by atomic mass is 15.2. The van der Waals surface area contributed by atoms with Gasteiger partial charge in [0, 0.05) is 18.8 Å². The Balaban J connectivity index is 2.31. The summed E-state index contributed by atoms with van der Waals surface area (Å²) in [6.45, 7) is 5.49. The molecule has 1 aromatic rings. The molecule has 4 heteroatoms. The molecule has 0 bridgehead atoms. The van der Waals surface area contributed by atoms with Crippen molar-refractivity contribution in [3.63, 3.8) is 0 Å². The summed E-state index contributed by atoms with van der Waals surface area (Å²) in [7, 11) is 0. The number of aromatic nitrogens is 1. The van der Waals surface area contributed by atoms with Crippen LogP contribution in [0.5, 0.6) is 0 Å². The first kappa shape index (κ1) is 12.9. The SMILES string of the molecule is CCC1CCC(C)N(c2ncccc2C(=N)N)C1. The summed E-state index contributed by atoms with van der Waals surface area (Å²) in [5, 5.41) is 7.67. The molecule has 1 aromatic heterocycles. The van der Waals surface area contributed by atoms with Crippen LogP contribution in [0.4, 0.5) is 5.82 Å². The van der Waals surface area contributed by atoms with Crippen molar-refractivity contribution in [2.75, 3.05) is 11.4 Å². The van der Waals surface area contributed by atoms with Crippen LogP contribution < -0.4 is 10.6 Å². The highest BCUT2D eigenvalue weighted by molar-refractivity contribution is 5.99. The Bertz CT molecular complexity index is 430. The van der Waals surface area contributed by atoms with E-state index in [1.807, 2.05) is 12.1 Å². The van der Waals surface area contributed by atoms with E-state index in [9.17, 15) is 0 Å². The summed E-state index contributed by atoms with van der Waals surface area (Å²) in [4.78, 5) is 6.76. The molecule has 0 saturated carbocycles. The van der Waals surface area contributed by atoms with Gasteiger partial charge in [0.2, 0.25) is 0 Å². The highest BCUT2D eigenvalue weighted by Crippen LogP contribution is 2.29. The van der Waals surface area contributed by atoms with Crippen molar-refractivity contribution in [3.05, 3.63) is 23.9 Å². The Morgan fingerprint density at radius 3 is 3.00 bits per heavy atom. The van der Waals surface area contributed by atoms with Crippen LogP contribution in [-0.2, 0) is 0 Å². The molecule has 2 heterocycles. The maximum absolute atomic E-state index is 7.67. The first-order valence-electron chi connectivity index (χ1n) is 6.69. The fourth-order valence-electron chi connectivity index (χ4n) is 2.65. The van der Waals surface area contributed by atoms with Gasteiger partial charge in [-0.3, -0.25) is 5.41 Å². The lowest BCUT2D eigenvalue weighted by molar-refractivity contribution is 0.357. The Morgan fingerprint density at radius 2 is 2.33 bits per heavy atom. The molecule has 1 aliphatic heterocycles. The van der Waals surface area contributed by atoms with E-state index >= 15 is 0 Å². The second kappa shape index (κ2) is 5.38. The second-order valence-electron chi connectivity index (χ2n) is 5.14. The minimum Gasteiger partial charge on any atom is -0.384 e. The minimum absolute atomic E-state index is 0.101. The lowest BCUT2D eigenvalue weighted by Crippen LogP contribution is -2.43. The first-order valence-corrected chi connectivity index (χ1v) is 6.69. The van der Waals surface area contributed by atoms with Gasteiger partial charge in [0.1, 0.15) is 11.7 Å². The summed E-state index contributed by atoms with van der Waals surface area (Å²) in [5.74, 6) is 1.70. The number of nitrogens with one attached hydrogen (secondary N) is 1. The van der Waals surface area contributed by atoms with E-state index in [1.165, 1.54) is 19.3 Å². The molecule has 98 valence electrons. The maximum atomic E-state index is 7.67. The van der Waals surface area contributed by atoms with Gasteiger partial charge in [-0.1, -0.05) is 13.3 Å². The number of hydrogen-bond donors (Lipinski definition) is 2. The van der Waals surface area contributed by atoms with Crippen molar-refractivity contribution < 1.29 is 0 Å². The molecule has 2 unspecified atom stereocenters. The number of hydrogen-bond acceptors (Lipinski definition) is 3. The molecule has 4 nitrogen and oxygen atoms in total. The van der Waals surface area contributed by atoms with Gasteiger partial charge in [0.05, 0.1) is 5.56 Å². The van der Waals surface area contributed by atoms with E-state index < -0.39 is 0 Å². The smallest absolute Gasteiger partial charge is 0.139 e. The number of amidine groups is 1. The van der Waals surface area contributed by atoms with Crippen LogP contribution in [-0.4, -0.2) is 23.4 Å². The van der Waals surface area contributed by atoms with Crippen LogP contribution in [0, 0.1) is 11.3 Å². The van der Waals surface area contributed by atoms with Crippen LogP contribution in [0.2, 0.25) is 0 Å². The average Bonchev–Trinajstić information content (AvgIpc) is 2.39. The molecule has 1 fully saturated rings. The first-order chi connectivity index (χ1) is 8.63. The lowest BCUT2D eigenvalue weighted by Gasteiger charge is -2.39. The van der Waals surface area contributed by atoms with E-state index in [4.69, 9.17) is 11.1 Å². The van der Waals surface area contributed by atoms with Crippen molar-refractivity contribution >= 4 is 11.7 Å². The molecule has 3 N–H and O–H groups in total. The molecule has 0 radical (unpaired) electrons. The molecular formula is C14H22N4. The fourth-order valence-corrected chi connectivity index (χ4v) is 2.65. The molecule has 0 aromatic carbocycles. The van der Waals surface area contributed by atoms with Crippen LogP contribution in [0.25, 0.3) is 0 Å². The highest BCUT2D eigenvalue weighted by Gasteiger charge is 2.27. The average molecular weight is 246 g/mol. The number of pyridine rings is 1. The number of nitrogens with zero attached hydrogens (tertiary/aromatic N) is 2. The molecule has 0 amide bonds. The van der Waals surface area contributed by atoms with Crippen molar-refractivity contribution in [1.82, 2.24) is 4.98 Å². The largest absolute Gasteiger partial charge is 0.384 e. The Labute approximate surface area is 109 Å². The van der Waals surface area contributed by atoms with Gasteiger partial charge >= 0.3 is 0 Å². The normalized spacial score (nSPS) is 24.0. The zero-order valence-corrected chi connectivity index (χ0v) is 11.2. The van der Waals surface area contributed by atoms with E-state index in [1.54, 1.807) is 6.20 Å². The van der Waals surface area contributed by atoms with Gasteiger partial charge in [-0.25, -0.2) is 4.98 Å². The zero-order valence-electron chi connectivity index (χ0n) is 11.2. The predicted octanol–water partition coefficient (Wildman–Crippen LogP) is 2.38. The van der Waals surface area contributed by atoms with Crippen molar-refractivity contribution in [3.8, 4) is 0 Å². The number of anilines is 1. The monoisotopic (exact) mass is 246 g/mol. The topological polar surface area (TPSA) is 66.0 Å². The van der Waals surface area contributed by atoms with Crippen molar-refractivity contribution in [1.29, 1.82) is 5.41 Å². The number of piperidine rings is 1. The van der Waals surface area contributed by atoms with E-state index in [2.05, 4.69) is 23.7 Å². The van der Waals surface area contributed by atoms with Crippen molar-refractivity contribution in [2.24, 2.45) is 11.7 Å². The molecule has 18 heavy (non-hydrogen) atoms. The van der Waals surface area contributed by atoms with E-state index in [-0.39, 0.29) is 5.84 Å². The molecular weight excluding hydrogens is 224 g/mol. The fraction of sp³-hybridized carbons (Fsp3) is 0.571. The summed E-state index contributed by atoms with van der Waals surface area (Å²) in [6.07, 6.45) is 5.46. The van der Waals surface area contributed by atoms with Gasteiger partial charge in [-0.05, 0) is 37.8 Å². The molecule has 1 saturated heterocycles. The number of rotatable bonds is 3. The Morgan fingerprint density at radius 1 is 1.56 bits per heavy atom. The van der Waals surface area contributed by atoms with Gasteiger partial charge in [0.15, 0.2) is 0 Å². The quantitative estimate of drug-likeness (QED) is 0.635. The molecule has 1 aliphatic rings. The standard InChI is InChI=1S/C14H22N4/c1-3-11-7-6-10(2)18(9-11)14-12(13(15)16)5-4-8-17-14/h4-5,8,10-11H,3,6-7,9H2,1-2H3,(H3,15,16). The van der Waals surface area contributed by atoms with Crippen LogP contribution >= 0.6 is 0 Å². The van der Waals surface area contributed by atoms with Crippen LogP contribution in [0.15, 0.2) is 18.3 Å². The maximum Gasteiger partial charge on any atom is 0.139 e. The summed E-state index contributed by atoms with van der Waals surface area (Å²) >= 11 is 0. The van der Waals surface area contributed by atoms with Gasteiger partial charge in [-0.15, -0.1) is 0 Å². The predicted molar refractivity (Wildman–Crippen MR) is 75.1 cm³/mol. The Kier molecular flexibility index (Phi) is 3.84. The minimum atomic E-state index is 0.101. The van der Waals surface area contributed by atoms with Gasteiger partial charge < -0.3 is 10.6 Å². The third kappa shape index (κ3) is 2.47. The molecule has 2 atom stereocenters. The van der Waals surface area contributed by atoms with Crippen LogP contribution in [0.3, 0.4) is 0 Å². The van der Waals surface area contributed by atoms with Gasteiger partial charge in [-0.2, -0.15) is 0 Å². The lowest BCUT2D eigenvalue weighted by atomic mass is 9.91. The van der Waals surface area contributed by atoms with Gasteiger partial charge in [0.25, 0.3) is 0 Å². The number of nitrogen functional groups attached to an aromatic ring is 1. The molecule has 0 aliphatic carbocycles. The summed E-state index contributed by atoms with van der Waals surface area (Å²) in [5.41, 5.74) is 6.40. The second-order valence-corrected chi connectivity index (χ2v) is 5.14. The molecule has 0 spiro atoms. The van der Waals surface area contributed by atoms with E-state index in [0.717, 1.165) is 23.8 Å². The Hall–Kier alpha value is -1.58. The van der Waals surface area contributed by atoms with Crippen LogP contribution in [0.1, 0.15) is 38.7 Å². The number of nitrogens with two attached hydrogens (primary N) is 1. The van der Waals surface area contributed by atoms with E-state index in [0.29, 0.717) is 6.04 Å². The zero-order chi connectivity index (χ0) is 13.1. The third-order valence-electron chi connectivity index (χ3n) is 3.91. The third-order valence-corrected chi connectivity index (χ3v) is 3.91. The van der Waals surface area contributed by atoms with Crippen molar-refractivity contribution in [2.45, 2.75) is 39.2 Å². The summed E-state index contributed by atoms with van der Waals surface area (Å²) in [6, 6.07) is 4.19. The summed E-state index contributed by atoms with van der Waals surface area (Å²) < 4.78 is 0. The molecule has 2 rings (SSSR count).